The molecule has 27 heavy (non-hydrogen) atoms. The van der Waals surface area contributed by atoms with Crippen LogP contribution in [-0.4, -0.2) is 52.5 Å². The molecule has 2 aromatic rings. The standard InChI is InChI=1S/C21H26N4O2/c26-19(17-5-2-1-3-6-17)18-7-15-24(16-8-18)20(27)21(9-12-22-13-10-21)25-14-4-11-23-25/h1-6,11,14,18,22H,7-10,12-13,15-16H2. The van der Waals surface area contributed by atoms with Crippen molar-refractivity contribution in [3.05, 3.63) is 54.4 Å². The van der Waals surface area contributed by atoms with Gasteiger partial charge in [-0.1, -0.05) is 30.3 Å². The summed E-state index contributed by atoms with van der Waals surface area (Å²) in [5, 5.41) is 7.74. The van der Waals surface area contributed by atoms with Gasteiger partial charge in [-0.3, -0.25) is 14.3 Å². The zero-order valence-corrected chi connectivity index (χ0v) is 15.5. The number of piperidine rings is 2. The van der Waals surface area contributed by atoms with Gasteiger partial charge in [-0.2, -0.15) is 5.10 Å². The number of nitrogens with one attached hydrogen (secondary N) is 1. The van der Waals surface area contributed by atoms with E-state index >= 15 is 0 Å². The van der Waals surface area contributed by atoms with Crippen LogP contribution in [0.3, 0.4) is 0 Å². The molecule has 0 saturated carbocycles. The maximum Gasteiger partial charge on any atom is 0.250 e. The van der Waals surface area contributed by atoms with Crippen LogP contribution in [-0.2, 0) is 10.3 Å². The van der Waals surface area contributed by atoms with E-state index in [4.69, 9.17) is 0 Å². The summed E-state index contributed by atoms with van der Waals surface area (Å²) in [6.07, 6.45) is 6.59. The zero-order chi connectivity index (χ0) is 18.7. The Hall–Kier alpha value is -2.47. The number of hydrogen-bond donors (Lipinski definition) is 1. The van der Waals surface area contributed by atoms with Crippen molar-refractivity contribution >= 4 is 11.7 Å². The van der Waals surface area contributed by atoms with Gasteiger partial charge in [-0.25, -0.2) is 0 Å². The molecule has 1 N–H and O–H groups in total. The highest BCUT2D eigenvalue weighted by molar-refractivity contribution is 5.98. The zero-order valence-electron chi connectivity index (χ0n) is 15.5. The van der Waals surface area contributed by atoms with E-state index in [9.17, 15) is 9.59 Å². The van der Waals surface area contributed by atoms with Crippen molar-refractivity contribution in [1.29, 1.82) is 0 Å². The van der Waals surface area contributed by atoms with Crippen LogP contribution in [0.5, 0.6) is 0 Å². The third-order valence-corrected chi connectivity index (χ3v) is 5.98. The second-order valence-electron chi connectivity index (χ2n) is 7.53. The molecule has 142 valence electrons. The number of rotatable bonds is 4. The maximum atomic E-state index is 13.5. The Labute approximate surface area is 159 Å². The number of ketones is 1. The first-order valence-corrected chi connectivity index (χ1v) is 9.80. The first-order chi connectivity index (χ1) is 13.2. The van der Waals surface area contributed by atoms with Crippen molar-refractivity contribution in [2.24, 2.45) is 5.92 Å². The van der Waals surface area contributed by atoms with Gasteiger partial charge in [0.2, 0.25) is 0 Å². The van der Waals surface area contributed by atoms with E-state index < -0.39 is 5.54 Å². The van der Waals surface area contributed by atoms with Gasteiger partial charge in [0.1, 0.15) is 5.54 Å². The van der Waals surface area contributed by atoms with Crippen LogP contribution in [0.25, 0.3) is 0 Å². The maximum absolute atomic E-state index is 13.5. The predicted octanol–water partition coefficient (Wildman–Crippen LogP) is 2.08. The highest BCUT2D eigenvalue weighted by atomic mass is 16.2. The lowest BCUT2D eigenvalue weighted by Crippen LogP contribution is -2.57. The lowest BCUT2D eigenvalue weighted by Gasteiger charge is -2.42. The highest BCUT2D eigenvalue weighted by Crippen LogP contribution is 2.32. The molecule has 1 amide bonds. The van der Waals surface area contributed by atoms with Crippen LogP contribution in [0.1, 0.15) is 36.0 Å². The summed E-state index contributed by atoms with van der Waals surface area (Å²) in [6.45, 7) is 2.90. The Morgan fingerprint density at radius 1 is 1.04 bits per heavy atom. The molecule has 0 bridgehead atoms. The lowest BCUT2D eigenvalue weighted by atomic mass is 9.84. The van der Waals surface area contributed by atoms with Crippen LogP contribution < -0.4 is 5.32 Å². The molecule has 2 saturated heterocycles. The minimum absolute atomic E-state index is 0.00475. The van der Waals surface area contributed by atoms with Crippen LogP contribution >= 0.6 is 0 Å². The summed E-state index contributed by atoms with van der Waals surface area (Å²) in [4.78, 5) is 28.1. The van der Waals surface area contributed by atoms with Gasteiger partial charge in [0, 0.05) is 37.0 Å². The van der Waals surface area contributed by atoms with E-state index in [0.29, 0.717) is 13.1 Å². The quantitative estimate of drug-likeness (QED) is 0.842. The van der Waals surface area contributed by atoms with Crippen molar-refractivity contribution < 1.29 is 9.59 Å². The van der Waals surface area contributed by atoms with E-state index in [0.717, 1.165) is 44.3 Å². The SMILES string of the molecule is O=C(c1ccccc1)C1CCN(C(=O)C2(n3cccn3)CCNCC2)CC1. The largest absolute Gasteiger partial charge is 0.341 e. The molecule has 0 radical (unpaired) electrons. The van der Waals surface area contributed by atoms with Crippen LogP contribution in [0, 0.1) is 5.92 Å². The van der Waals surface area contributed by atoms with E-state index in [1.807, 2.05) is 52.2 Å². The van der Waals surface area contributed by atoms with Gasteiger partial charge in [0.15, 0.2) is 5.78 Å². The number of benzene rings is 1. The third-order valence-electron chi connectivity index (χ3n) is 5.98. The van der Waals surface area contributed by atoms with E-state index in [1.54, 1.807) is 6.20 Å². The van der Waals surface area contributed by atoms with Crippen LogP contribution in [0.4, 0.5) is 0 Å². The number of carbonyl (C=O) groups is 2. The topological polar surface area (TPSA) is 67.2 Å². The van der Waals surface area contributed by atoms with Gasteiger partial charge >= 0.3 is 0 Å². The average Bonchev–Trinajstić information content (AvgIpc) is 3.29. The van der Waals surface area contributed by atoms with Gasteiger partial charge < -0.3 is 10.2 Å². The summed E-state index contributed by atoms with van der Waals surface area (Å²) in [7, 11) is 0. The van der Waals surface area contributed by atoms with Crippen LogP contribution in [0.15, 0.2) is 48.8 Å². The Kier molecular flexibility index (Phi) is 5.07. The Morgan fingerprint density at radius 3 is 2.37 bits per heavy atom. The molecule has 0 atom stereocenters. The summed E-state index contributed by atoms with van der Waals surface area (Å²) in [6, 6.07) is 11.4. The smallest absolute Gasteiger partial charge is 0.250 e. The Bertz CT molecular complexity index is 774. The number of hydrogen-bond acceptors (Lipinski definition) is 4. The molecule has 1 aromatic carbocycles. The van der Waals surface area contributed by atoms with Gasteiger partial charge in [0.05, 0.1) is 0 Å². The molecule has 2 fully saturated rings. The van der Waals surface area contributed by atoms with E-state index in [2.05, 4.69) is 10.4 Å². The first kappa shape index (κ1) is 17.9. The van der Waals surface area contributed by atoms with Crippen molar-refractivity contribution in [1.82, 2.24) is 20.0 Å². The molecule has 0 unspecified atom stereocenters. The second kappa shape index (κ2) is 7.64. The Balaban J connectivity index is 1.45. The lowest BCUT2D eigenvalue weighted by molar-refractivity contribution is -0.144. The van der Waals surface area contributed by atoms with Crippen molar-refractivity contribution in [2.75, 3.05) is 26.2 Å². The highest BCUT2D eigenvalue weighted by Gasteiger charge is 2.45. The fourth-order valence-corrected chi connectivity index (χ4v) is 4.38. The molecule has 6 heteroatoms. The number of carbonyl (C=O) groups excluding carboxylic acids is 2. The monoisotopic (exact) mass is 366 g/mol. The first-order valence-electron chi connectivity index (χ1n) is 9.80. The molecular weight excluding hydrogens is 340 g/mol. The normalized spacial score (nSPS) is 20.4. The van der Waals surface area contributed by atoms with Gasteiger partial charge in [-0.15, -0.1) is 0 Å². The number of likely N-dealkylation sites (tertiary alicyclic amines) is 1. The minimum atomic E-state index is -0.592. The number of nitrogens with zero attached hydrogens (tertiary/aromatic N) is 3. The summed E-state index contributed by atoms with van der Waals surface area (Å²) >= 11 is 0. The molecule has 4 rings (SSSR count). The van der Waals surface area contributed by atoms with Crippen molar-refractivity contribution in [3.63, 3.8) is 0 Å². The van der Waals surface area contributed by atoms with Gasteiger partial charge in [0.25, 0.3) is 5.91 Å². The second-order valence-corrected chi connectivity index (χ2v) is 7.53. The minimum Gasteiger partial charge on any atom is -0.341 e. The molecule has 6 nitrogen and oxygen atoms in total. The summed E-state index contributed by atoms with van der Waals surface area (Å²) in [5.41, 5.74) is 0.180. The van der Waals surface area contributed by atoms with Crippen molar-refractivity contribution in [2.45, 2.75) is 31.2 Å². The average molecular weight is 366 g/mol. The van der Waals surface area contributed by atoms with E-state index in [-0.39, 0.29) is 17.6 Å². The van der Waals surface area contributed by atoms with Crippen molar-refractivity contribution in [3.8, 4) is 0 Å². The third kappa shape index (κ3) is 3.41. The molecular formula is C21H26N4O2. The molecule has 2 aliphatic rings. The number of amides is 1. The fourth-order valence-electron chi connectivity index (χ4n) is 4.38. The predicted molar refractivity (Wildman–Crippen MR) is 102 cm³/mol. The van der Waals surface area contributed by atoms with Crippen LogP contribution in [0.2, 0.25) is 0 Å². The number of Topliss-reactive ketones (excluding diaryl/α,β-unsaturated/α-hetero) is 1. The summed E-state index contributed by atoms with van der Waals surface area (Å²) in [5.74, 6) is 0.356. The number of aromatic nitrogens is 2. The molecule has 2 aliphatic heterocycles. The molecule has 3 heterocycles. The Morgan fingerprint density at radius 2 is 1.74 bits per heavy atom. The van der Waals surface area contributed by atoms with Gasteiger partial charge in [-0.05, 0) is 44.8 Å². The summed E-state index contributed by atoms with van der Waals surface area (Å²) < 4.78 is 1.84. The molecule has 1 aromatic heterocycles. The molecule has 0 aliphatic carbocycles. The fraction of sp³-hybridized carbons (Fsp3) is 0.476. The van der Waals surface area contributed by atoms with E-state index in [1.165, 1.54) is 0 Å². The molecule has 0 spiro atoms.